The van der Waals surface area contributed by atoms with Gasteiger partial charge in [0.15, 0.2) is 0 Å². The lowest BCUT2D eigenvalue weighted by Crippen LogP contribution is -2.55. The fourth-order valence-electron chi connectivity index (χ4n) is 4.30. The molecule has 1 heterocycles. The molecule has 3 rings (SSSR count). The first kappa shape index (κ1) is 19.2. The van der Waals surface area contributed by atoms with Crippen LogP contribution in [0.1, 0.15) is 79.3 Å². The largest absolute Gasteiger partial charge is 0.293 e. The maximum atomic E-state index is 9.73. The maximum absolute atomic E-state index is 9.73. The summed E-state index contributed by atoms with van der Waals surface area (Å²) in [5, 5.41) is 19.5. The Balaban J connectivity index is 2.19. The number of hydrogen-bond donors (Lipinski definition) is 0. The van der Waals surface area contributed by atoms with Gasteiger partial charge >= 0.3 is 0 Å². The van der Waals surface area contributed by atoms with Gasteiger partial charge < -0.3 is 0 Å². The van der Waals surface area contributed by atoms with Crippen molar-refractivity contribution in [2.24, 2.45) is 0 Å². The van der Waals surface area contributed by atoms with E-state index < -0.39 is 0 Å². The number of nitriles is 2. The number of nitrogens with zero attached hydrogens (tertiary/aromatic N) is 3. The molecule has 1 unspecified atom stereocenters. The molecule has 1 saturated heterocycles. The molecule has 0 radical (unpaired) electrons. The summed E-state index contributed by atoms with van der Waals surface area (Å²) in [6.45, 7) is 9.47. The van der Waals surface area contributed by atoms with E-state index in [9.17, 15) is 10.5 Å². The highest BCUT2D eigenvalue weighted by Gasteiger charge is 2.46. The van der Waals surface area contributed by atoms with Crippen LogP contribution in [0.2, 0.25) is 0 Å². The van der Waals surface area contributed by atoms with Crippen LogP contribution in [-0.2, 0) is 5.54 Å². The van der Waals surface area contributed by atoms with E-state index in [4.69, 9.17) is 0 Å². The normalized spacial score (nSPS) is 19.6. The van der Waals surface area contributed by atoms with Gasteiger partial charge in [0.25, 0.3) is 0 Å². The van der Waals surface area contributed by atoms with E-state index in [0.29, 0.717) is 17.0 Å². The lowest BCUT2D eigenvalue weighted by Gasteiger charge is -2.52. The van der Waals surface area contributed by atoms with E-state index in [1.807, 2.05) is 26.0 Å². The van der Waals surface area contributed by atoms with Gasteiger partial charge in [-0.2, -0.15) is 10.5 Å². The first-order chi connectivity index (χ1) is 12.8. The van der Waals surface area contributed by atoms with Crippen LogP contribution in [0.4, 0.5) is 0 Å². The SMILES string of the molecule is CC(C)c1ccc(C2(c3cc(C#N)c(C(C)C)c(C#N)c3)CCN2C)cc1. The Kier molecular flexibility index (Phi) is 5.09. The minimum atomic E-state index is -0.262. The average molecular weight is 358 g/mol. The van der Waals surface area contributed by atoms with Gasteiger partial charge in [-0.1, -0.05) is 52.0 Å². The fraction of sp³-hybridized carbons (Fsp3) is 0.417. The molecule has 1 fully saturated rings. The van der Waals surface area contributed by atoms with E-state index in [0.717, 1.165) is 24.1 Å². The zero-order valence-electron chi connectivity index (χ0n) is 16.9. The van der Waals surface area contributed by atoms with E-state index in [2.05, 4.69) is 62.2 Å². The molecule has 0 aliphatic carbocycles. The van der Waals surface area contributed by atoms with Crippen LogP contribution in [0.15, 0.2) is 36.4 Å². The summed E-state index contributed by atoms with van der Waals surface area (Å²) >= 11 is 0. The number of benzene rings is 2. The molecule has 1 atom stereocenters. The second-order valence-electron chi connectivity index (χ2n) is 8.17. The van der Waals surface area contributed by atoms with Gasteiger partial charge in [-0.3, -0.25) is 4.90 Å². The number of rotatable bonds is 4. The molecule has 2 aromatic rings. The van der Waals surface area contributed by atoms with Gasteiger partial charge in [0.05, 0.1) is 28.8 Å². The second-order valence-corrected chi connectivity index (χ2v) is 8.17. The second kappa shape index (κ2) is 7.18. The third-order valence-electron chi connectivity index (χ3n) is 5.99. The molecule has 0 saturated carbocycles. The Bertz CT molecular complexity index is 891. The molecule has 27 heavy (non-hydrogen) atoms. The van der Waals surface area contributed by atoms with Crippen molar-refractivity contribution in [2.45, 2.75) is 51.5 Å². The van der Waals surface area contributed by atoms with Crippen molar-refractivity contribution in [3.05, 3.63) is 69.8 Å². The highest BCUT2D eigenvalue weighted by Crippen LogP contribution is 2.46. The number of hydrogen-bond acceptors (Lipinski definition) is 3. The van der Waals surface area contributed by atoms with Crippen molar-refractivity contribution in [1.29, 1.82) is 10.5 Å². The molecule has 138 valence electrons. The van der Waals surface area contributed by atoms with Crippen LogP contribution < -0.4 is 0 Å². The van der Waals surface area contributed by atoms with Crippen molar-refractivity contribution >= 4 is 0 Å². The molecular weight excluding hydrogens is 330 g/mol. The molecule has 0 spiro atoms. The molecule has 2 aromatic carbocycles. The number of likely N-dealkylation sites (tertiary alicyclic amines) is 1. The molecule has 0 aromatic heterocycles. The Morgan fingerprint density at radius 1 is 0.889 bits per heavy atom. The molecule has 0 bridgehead atoms. The van der Waals surface area contributed by atoms with Crippen LogP contribution in [0, 0.1) is 22.7 Å². The zero-order chi connectivity index (χ0) is 19.8. The maximum Gasteiger partial charge on any atom is 0.0995 e. The third kappa shape index (κ3) is 3.03. The van der Waals surface area contributed by atoms with Crippen LogP contribution in [0.5, 0.6) is 0 Å². The standard InChI is InChI=1S/C24H27N3/c1-16(2)18-6-8-21(9-7-18)24(10-11-27(24)5)22-12-19(14-25)23(17(3)4)20(13-22)15-26/h6-9,12-13,16-17H,10-11H2,1-5H3. The van der Waals surface area contributed by atoms with Gasteiger partial charge in [0.2, 0.25) is 0 Å². The van der Waals surface area contributed by atoms with E-state index in [-0.39, 0.29) is 11.5 Å². The topological polar surface area (TPSA) is 50.8 Å². The fourth-order valence-corrected chi connectivity index (χ4v) is 4.30. The van der Waals surface area contributed by atoms with Gasteiger partial charge in [0.1, 0.15) is 0 Å². The van der Waals surface area contributed by atoms with Crippen LogP contribution in [-0.4, -0.2) is 18.5 Å². The van der Waals surface area contributed by atoms with Gasteiger partial charge in [-0.25, -0.2) is 0 Å². The summed E-state index contributed by atoms with van der Waals surface area (Å²) in [6.07, 6.45) is 0.987. The van der Waals surface area contributed by atoms with Gasteiger partial charge in [-0.05, 0) is 59.7 Å². The lowest BCUT2D eigenvalue weighted by atomic mass is 9.71. The summed E-state index contributed by atoms with van der Waals surface area (Å²) in [6, 6.07) is 17.5. The van der Waals surface area contributed by atoms with Crippen LogP contribution in [0.3, 0.4) is 0 Å². The Labute approximate surface area is 162 Å². The van der Waals surface area contributed by atoms with Crippen molar-refractivity contribution < 1.29 is 0 Å². The average Bonchev–Trinajstić information content (AvgIpc) is 2.66. The monoisotopic (exact) mass is 357 g/mol. The molecular formula is C24H27N3. The first-order valence-corrected chi connectivity index (χ1v) is 9.65. The van der Waals surface area contributed by atoms with Crippen molar-refractivity contribution in [1.82, 2.24) is 4.90 Å². The first-order valence-electron chi connectivity index (χ1n) is 9.65. The Morgan fingerprint density at radius 2 is 1.44 bits per heavy atom. The van der Waals surface area contributed by atoms with Crippen molar-refractivity contribution in [2.75, 3.05) is 13.6 Å². The van der Waals surface area contributed by atoms with E-state index >= 15 is 0 Å². The predicted molar refractivity (Wildman–Crippen MR) is 109 cm³/mol. The molecule has 1 aliphatic rings. The summed E-state index contributed by atoms with van der Waals surface area (Å²) in [5.74, 6) is 0.638. The van der Waals surface area contributed by atoms with Crippen molar-refractivity contribution in [3.63, 3.8) is 0 Å². The summed E-state index contributed by atoms with van der Waals surface area (Å²) in [5.41, 5.74) is 5.44. The van der Waals surface area contributed by atoms with Gasteiger partial charge in [0, 0.05) is 6.54 Å². The summed E-state index contributed by atoms with van der Waals surface area (Å²) < 4.78 is 0. The Hall–Kier alpha value is -2.62. The highest BCUT2D eigenvalue weighted by atomic mass is 15.2. The highest BCUT2D eigenvalue weighted by molar-refractivity contribution is 5.56. The molecule has 0 N–H and O–H groups in total. The smallest absolute Gasteiger partial charge is 0.0995 e. The zero-order valence-corrected chi connectivity index (χ0v) is 16.9. The third-order valence-corrected chi connectivity index (χ3v) is 5.99. The molecule has 3 nitrogen and oxygen atoms in total. The molecule has 1 aliphatic heterocycles. The van der Waals surface area contributed by atoms with E-state index in [1.165, 1.54) is 11.1 Å². The van der Waals surface area contributed by atoms with E-state index in [1.54, 1.807) is 0 Å². The summed E-state index contributed by atoms with van der Waals surface area (Å²) in [4.78, 5) is 2.32. The minimum absolute atomic E-state index is 0.142. The van der Waals surface area contributed by atoms with Crippen LogP contribution in [0.25, 0.3) is 0 Å². The Morgan fingerprint density at radius 3 is 1.78 bits per heavy atom. The van der Waals surface area contributed by atoms with Gasteiger partial charge in [-0.15, -0.1) is 0 Å². The minimum Gasteiger partial charge on any atom is -0.293 e. The lowest BCUT2D eigenvalue weighted by molar-refractivity contribution is 0.0446. The summed E-state index contributed by atoms with van der Waals surface area (Å²) in [7, 11) is 2.12. The molecule has 0 amide bonds. The quantitative estimate of drug-likeness (QED) is 0.750. The van der Waals surface area contributed by atoms with Crippen LogP contribution >= 0.6 is 0 Å². The van der Waals surface area contributed by atoms with Crippen molar-refractivity contribution in [3.8, 4) is 12.1 Å². The molecule has 3 heteroatoms. The predicted octanol–water partition coefficient (Wildman–Crippen LogP) is 5.26.